The number of ether oxygens (including phenoxy) is 2. The summed E-state index contributed by atoms with van der Waals surface area (Å²) in [6.45, 7) is 1.57. The van der Waals surface area contributed by atoms with Gasteiger partial charge in [0.05, 0.1) is 31.6 Å². The number of nitrogens with zero attached hydrogens (tertiary/aromatic N) is 1. The minimum atomic E-state index is -0.583. The number of nitrogens with one attached hydrogen (secondary N) is 2. The summed E-state index contributed by atoms with van der Waals surface area (Å²) in [5.41, 5.74) is 0.349. The molecule has 3 rings (SSSR count). The Morgan fingerprint density at radius 3 is 3.09 bits per heavy atom. The maximum Gasteiger partial charge on any atom is 0.157 e. The Balaban J connectivity index is 1.50. The third kappa shape index (κ3) is 4.14. The van der Waals surface area contributed by atoms with Crippen LogP contribution >= 0.6 is 0 Å². The van der Waals surface area contributed by atoms with Gasteiger partial charge < -0.3 is 14.8 Å². The van der Waals surface area contributed by atoms with Crippen LogP contribution < -0.4 is 10.1 Å². The zero-order valence-electron chi connectivity index (χ0n) is 12.3. The molecule has 7 heteroatoms. The molecule has 23 heavy (non-hydrogen) atoms. The molecule has 2 heterocycles. The molecule has 0 amide bonds. The van der Waals surface area contributed by atoms with Crippen molar-refractivity contribution in [2.24, 2.45) is 0 Å². The van der Waals surface area contributed by atoms with Gasteiger partial charge in [-0.1, -0.05) is 12.2 Å². The van der Waals surface area contributed by atoms with Gasteiger partial charge in [0.2, 0.25) is 0 Å². The molecular formula is C16H17F2N3O2. The lowest BCUT2D eigenvalue weighted by molar-refractivity contribution is 0.139. The second-order valence-corrected chi connectivity index (χ2v) is 5.21. The number of halogens is 2. The highest BCUT2D eigenvalue weighted by atomic mass is 19.1. The van der Waals surface area contributed by atoms with E-state index in [-0.39, 0.29) is 12.1 Å². The molecule has 0 spiro atoms. The summed E-state index contributed by atoms with van der Waals surface area (Å²) in [6.07, 6.45) is 6.57. The van der Waals surface area contributed by atoms with Crippen molar-refractivity contribution in [2.75, 3.05) is 19.8 Å². The van der Waals surface area contributed by atoms with E-state index in [9.17, 15) is 8.78 Å². The van der Waals surface area contributed by atoms with E-state index in [1.807, 2.05) is 0 Å². The summed E-state index contributed by atoms with van der Waals surface area (Å²) in [4.78, 5) is 0. The average molecular weight is 321 g/mol. The van der Waals surface area contributed by atoms with Crippen molar-refractivity contribution in [1.29, 1.82) is 0 Å². The number of hydrogen-bond acceptors (Lipinski definition) is 4. The molecule has 1 aliphatic rings. The Morgan fingerprint density at radius 2 is 2.30 bits per heavy atom. The van der Waals surface area contributed by atoms with Crippen molar-refractivity contribution in [2.45, 2.75) is 12.1 Å². The van der Waals surface area contributed by atoms with Crippen LogP contribution in [0.3, 0.4) is 0 Å². The maximum atomic E-state index is 13.5. The molecule has 2 N–H and O–H groups in total. The Kier molecular flexibility index (Phi) is 4.99. The van der Waals surface area contributed by atoms with Crippen LogP contribution in [0.5, 0.6) is 5.75 Å². The molecule has 1 aromatic carbocycles. The van der Waals surface area contributed by atoms with Crippen LogP contribution in [-0.2, 0) is 4.74 Å². The molecule has 0 saturated carbocycles. The summed E-state index contributed by atoms with van der Waals surface area (Å²) in [5.74, 6) is -0.497. The lowest BCUT2D eigenvalue weighted by Crippen LogP contribution is -2.42. The smallest absolute Gasteiger partial charge is 0.157 e. The van der Waals surface area contributed by atoms with Gasteiger partial charge in [-0.25, -0.2) is 8.78 Å². The summed E-state index contributed by atoms with van der Waals surface area (Å²) in [5, 5.41) is 9.80. The highest BCUT2D eigenvalue weighted by Crippen LogP contribution is 2.15. The lowest BCUT2D eigenvalue weighted by Gasteiger charge is -2.18. The first-order valence-electron chi connectivity index (χ1n) is 7.30. The molecule has 2 atom stereocenters. The van der Waals surface area contributed by atoms with Crippen molar-refractivity contribution < 1.29 is 18.3 Å². The second kappa shape index (κ2) is 7.34. The molecule has 0 unspecified atom stereocenters. The maximum absolute atomic E-state index is 13.5. The van der Waals surface area contributed by atoms with Crippen LogP contribution in [0.1, 0.15) is 5.56 Å². The van der Waals surface area contributed by atoms with Crippen molar-refractivity contribution in [3.05, 3.63) is 53.9 Å². The molecule has 5 nitrogen and oxygen atoms in total. The second-order valence-electron chi connectivity index (χ2n) is 5.21. The topological polar surface area (TPSA) is 59.2 Å². The number of H-pyrrole nitrogens is 1. The molecule has 122 valence electrons. The van der Waals surface area contributed by atoms with Crippen LogP contribution in [0.2, 0.25) is 0 Å². The molecule has 0 radical (unpaired) electrons. The van der Waals surface area contributed by atoms with Crippen LogP contribution in [0, 0.1) is 11.6 Å². The van der Waals surface area contributed by atoms with Gasteiger partial charge in [0.15, 0.2) is 5.75 Å². The minimum Gasteiger partial charge on any atom is -0.483 e. The van der Waals surface area contributed by atoms with Gasteiger partial charge >= 0.3 is 0 Å². The molecule has 0 bridgehead atoms. The van der Waals surface area contributed by atoms with Gasteiger partial charge in [0.1, 0.15) is 17.7 Å². The first kappa shape index (κ1) is 15.6. The largest absolute Gasteiger partial charge is 0.483 e. The van der Waals surface area contributed by atoms with Crippen molar-refractivity contribution in [1.82, 2.24) is 15.5 Å². The molecule has 1 saturated heterocycles. The zero-order valence-corrected chi connectivity index (χ0v) is 12.3. The standard InChI is InChI=1S/C16H17F2N3O2/c17-12-4-3-11(14(18)6-12)2-1-5-19-15-9-22-10-16(15)23-13-7-20-21-8-13/h1-4,6-8,15-16,19H,5,9-10H2,(H,20,21)/b2-1+/t15-,16+/m0/s1. The van der Waals surface area contributed by atoms with Crippen LogP contribution in [0.15, 0.2) is 36.7 Å². The Labute approximate surface area is 132 Å². The first-order valence-corrected chi connectivity index (χ1v) is 7.30. The van der Waals surface area contributed by atoms with Crippen LogP contribution in [0.25, 0.3) is 6.08 Å². The quantitative estimate of drug-likeness (QED) is 0.856. The highest BCUT2D eigenvalue weighted by molar-refractivity contribution is 5.50. The Hall–Kier alpha value is -2.25. The summed E-state index contributed by atoms with van der Waals surface area (Å²) >= 11 is 0. The lowest BCUT2D eigenvalue weighted by atomic mass is 10.2. The van der Waals surface area contributed by atoms with Crippen LogP contribution in [0.4, 0.5) is 8.78 Å². The van der Waals surface area contributed by atoms with Gasteiger partial charge in [-0.15, -0.1) is 0 Å². The number of aromatic amines is 1. The van der Waals surface area contributed by atoms with E-state index in [1.165, 1.54) is 12.1 Å². The average Bonchev–Trinajstić information content (AvgIpc) is 3.18. The van der Waals surface area contributed by atoms with Crippen LogP contribution in [-0.4, -0.2) is 42.1 Å². The third-order valence-electron chi connectivity index (χ3n) is 3.55. The molecule has 1 aromatic heterocycles. The minimum absolute atomic E-state index is 0.0348. The van der Waals surface area contributed by atoms with E-state index in [2.05, 4.69) is 15.5 Å². The molecular weight excluding hydrogens is 304 g/mol. The molecule has 1 aliphatic heterocycles. The first-order chi connectivity index (χ1) is 11.2. The fourth-order valence-electron chi connectivity index (χ4n) is 2.36. The Bertz CT molecular complexity index is 661. The number of aromatic nitrogens is 2. The monoisotopic (exact) mass is 321 g/mol. The fraction of sp³-hybridized carbons (Fsp3) is 0.312. The van der Waals surface area contributed by atoms with Crippen molar-refractivity contribution >= 4 is 6.08 Å². The normalized spacial score (nSPS) is 21.1. The van der Waals surface area contributed by atoms with E-state index in [4.69, 9.17) is 9.47 Å². The van der Waals surface area contributed by atoms with E-state index >= 15 is 0 Å². The van der Waals surface area contributed by atoms with Gasteiger partial charge in [0, 0.05) is 18.2 Å². The van der Waals surface area contributed by atoms with E-state index in [0.29, 0.717) is 31.1 Å². The van der Waals surface area contributed by atoms with E-state index in [0.717, 1.165) is 6.07 Å². The summed E-state index contributed by atoms with van der Waals surface area (Å²) in [7, 11) is 0. The third-order valence-corrected chi connectivity index (χ3v) is 3.55. The fourth-order valence-corrected chi connectivity index (χ4v) is 2.36. The summed E-state index contributed by atoms with van der Waals surface area (Å²) in [6, 6.07) is 3.54. The number of hydrogen-bond donors (Lipinski definition) is 2. The van der Waals surface area contributed by atoms with Gasteiger partial charge in [0.25, 0.3) is 0 Å². The molecule has 0 aliphatic carbocycles. The van der Waals surface area contributed by atoms with Crippen molar-refractivity contribution in [3.63, 3.8) is 0 Å². The van der Waals surface area contributed by atoms with Gasteiger partial charge in [-0.3, -0.25) is 5.10 Å². The number of rotatable bonds is 6. The van der Waals surface area contributed by atoms with E-state index < -0.39 is 11.6 Å². The highest BCUT2D eigenvalue weighted by Gasteiger charge is 2.29. The number of benzene rings is 1. The van der Waals surface area contributed by atoms with Gasteiger partial charge in [-0.2, -0.15) is 5.10 Å². The zero-order chi connectivity index (χ0) is 16.1. The SMILES string of the molecule is Fc1ccc(/C=C/CN[C@H]2COC[C@H]2Oc2cn[nH]c2)c(F)c1. The molecule has 2 aromatic rings. The summed E-state index contributed by atoms with van der Waals surface area (Å²) < 4.78 is 37.5. The Morgan fingerprint density at radius 1 is 1.39 bits per heavy atom. The predicted molar refractivity (Wildman–Crippen MR) is 81.0 cm³/mol. The van der Waals surface area contributed by atoms with E-state index in [1.54, 1.807) is 24.5 Å². The molecule has 1 fully saturated rings. The predicted octanol–water partition coefficient (Wildman–Crippen LogP) is 2.14. The van der Waals surface area contributed by atoms with Crippen molar-refractivity contribution in [3.8, 4) is 5.75 Å². The van der Waals surface area contributed by atoms with Gasteiger partial charge in [-0.05, 0) is 12.1 Å².